The molecule has 0 bridgehead atoms. The van der Waals surface area contributed by atoms with Gasteiger partial charge in [-0.3, -0.25) is 4.98 Å². The number of thiophene rings is 1. The molecule has 2 heteroatoms. The zero-order valence-corrected chi connectivity index (χ0v) is 5.48. The van der Waals surface area contributed by atoms with Gasteiger partial charge in [0.15, 0.2) is 0 Å². The van der Waals surface area contributed by atoms with E-state index in [9.17, 15) is 0 Å². The van der Waals surface area contributed by atoms with Crippen LogP contribution in [0.15, 0.2) is 23.0 Å². The van der Waals surface area contributed by atoms with Crippen LogP contribution < -0.4 is 0 Å². The maximum atomic E-state index is 4.12. The van der Waals surface area contributed by atoms with Gasteiger partial charge in [-0.25, -0.2) is 0 Å². The van der Waals surface area contributed by atoms with E-state index < -0.39 is 0 Å². The molecular formula is C7H4NS. The number of fused-ring (bicyclic) bond motifs is 1. The summed E-state index contributed by atoms with van der Waals surface area (Å²) in [5.41, 5.74) is 1.04. The van der Waals surface area contributed by atoms with E-state index in [2.05, 4.69) is 11.1 Å². The van der Waals surface area contributed by atoms with E-state index in [0.717, 1.165) is 10.9 Å². The molecule has 0 atom stereocenters. The Morgan fingerprint density at radius 2 is 2.44 bits per heavy atom. The minimum Gasteiger partial charge on any atom is -0.255 e. The summed E-state index contributed by atoms with van der Waals surface area (Å²) in [5, 5.41) is 5.18. The SMILES string of the molecule is [c]1ccnc2cscc12. The Morgan fingerprint density at radius 3 is 3.33 bits per heavy atom. The fourth-order valence-corrected chi connectivity index (χ4v) is 1.45. The van der Waals surface area contributed by atoms with Crippen LogP contribution in [-0.2, 0) is 0 Å². The van der Waals surface area contributed by atoms with Crippen molar-refractivity contribution in [1.82, 2.24) is 4.98 Å². The van der Waals surface area contributed by atoms with Crippen molar-refractivity contribution in [3.8, 4) is 0 Å². The Labute approximate surface area is 57.0 Å². The third-order valence-electron chi connectivity index (χ3n) is 1.17. The molecule has 0 aliphatic rings. The van der Waals surface area contributed by atoms with Crippen LogP contribution in [0.4, 0.5) is 0 Å². The maximum absolute atomic E-state index is 4.12. The molecule has 0 aromatic carbocycles. The van der Waals surface area contributed by atoms with Crippen LogP contribution in [0.5, 0.6) is 0 Å². The van der Waals surface area contributed by atoms with Gasteiger partial charge in [0.1, 0.15) is 0 Å². The fourth-order valence-electron chi connectivity index (χ4n) is 0.743. The largest absolute Gasteiger partial charge is 0.255 e. The van der Waals surface area contributed by atoms with Gasteiger partial charge in [-0.1, -0.05) is 0 Å². The molecule has 2 heterocycles. The average Bonchev–Trinajstić information content (AvgIpc) is 2.33. The van der Waals surface area contributed by atoms with Crippen molar-refractivity contribution in [3.63, 3.8) is 0 Å². The summed E-state index contributed by atoms with van der Waals surface area (Å²) in [4.78, 5) is 4.12. The third-order valence-corrected chi connectivity index (χ3v) is 1.90. The number of pyridine rings is 1. The van der Waals surface area contributed by atoms with E-state index in [1.807, 2.05) is 16.8 Å². The second-order valence-corrected chi connectivity index (χ2v) is 2.50. The minimum atomic E-state index is 1.04. The molecule has 0 saturated carbocycles. The Kier molecular flexibility index (Phi) is 0.993. The van der Waals surface area contributed by atoms with Crippen LogP contribution in [0.3, 0.4) is 0 Å². The van der Waals surface area contributed by atoms with E-state index in [1.165, 1.54) is 0 Å². The van der Waals surface area contributed by atoms with Gasteiger partial charge in [-0.15, -0.1) is 11.3 Å². The van der Waals surface area contributed by atoms with E-state index in [0.29, 0.717) is 0 Å². The number of hydrogen-bond acceptors (Lipinski definition) is 2. The molecule has 0 unspecified atom stereocenters. The van der Waals surface area contributed by atoms with Gasteiger partial charge in [0.25, 0.3) is 0 Å². The second kappa shape index (κ2) is 1.81. The summed E-state index contributed by atoms with van der Waals surface area (Å²) in [6.07, 6.45) is 1.76. The average molecular weight is 134 g/mol. The molecule has 1 nitrogen and oxygen atoms in total. The summed E-state index contributed by atoms with van der Waals surface area (Å²) < 4.78 is 0. The monoisotopic (exact) mass is 134 g/mol. The molecule has 2 rings (SSSR count). The van der Waals surface area contributed by atoms with E-state index in [1.54, 1.807) is 17.5 Å². The van der Waals surface area contributed by atoms with E-state index in [-0.39, 0.29) is 0 Å². The van der Waals surface area contributed by atoms with E-state index >= 15 is 0 Å². The Hall–Kier alpha value is -0.890. The quantitative estimate of drug-likeness (QED) is 0.537. The lowest BCUT2D eigenvalue weighted by atomic mass is 10.3. The van der Waals surface area contributed by atoms with Crippen LogP contribution in [0.1, 0.15) is 0 Å². The van der Waals surface area contributed by atoms with Crippen molar-refractivity contribution in [2.45, 2.75) is 0 Å². The van der Waals surface area contributed by atoms with Crippen molar-refractivity contribution in [1.29, 1.82) is 0 Å². The summed E-state index contributed by atoms with van der Waals surface area (Å²) in [6, 6.07) is 4.91. The normalized spacial score (nSPS) is 10.2. The third kappa shape index (κ3) is 0.715. The lowest BCUT2D eigenvalue weighted by Crippen LogP contribution is -1.67. The number of hydrogen-bond donors (Lipinski definition) is 0. The molecule has 0 aliphatic heterocycles. The molecule has 0 fully saturated rings. The molecule has 0 N–H and O–H groups in total. The highest BCUT2D eigenvalue weighted by atomic mass is 32.1. The van der Waals surface area contributed by atoms with Crippen molar-refractivity contribution in [2.75, 3.05) is 0 Å². The molecule has 0 spiro atoms. The Balaban J connectivity index is 2.95. The molecule has 1 radical (unpaired) electrons. The van der Waals surface area contributed by atoms with Gasteiger partial charge in [0.2, 0.25) is 0 Å². The molecule has 2 aromatic heterocycles. The predicted molar refractivity (Wildman–Crippen MR) is 38.5 cm³/mol. The van der Waals surface area contributed by atoms with Crippen molar-refractivity contribution in [2.24, 2.45) is 0 Å². The highest BCUT2D eigenvalue weighted by Gasteiger charge is 1.89. The smallest absolute Gasteiger partial charge is 0.0815 e. The van der Waals surface area contributed by atoms with Gasteiger partial charge >= 0.3 is 0 Å². The zero-order valence-electron chi connectivity index (χ0n) is 4.66. The highest BCUT2D eigenvalue weighted by Crippen LogP contribution is 2.13. The summed E-state index contributed by atoms with van der Waals surface area (Å²) in [7, 11) is 0. The lowest BCUT2D eigenvalue weighted by Gasteiger charge is -1.81. The van der Waals surface area contributed by atoms with E-state index in [4.69, 9.17) is 0 Å². The van der Waals surface area contributed by atoms with Crippen LogP contribution in [0.2, 0.25) is 0 Å². The standard InChI is InChI=1S/C7H4NS/c1-2-6-4-9-5-7(6)8-3-1/h1,3-5H. The van der Waals surface area contributed by atoms with Gasteiger partial charge in [-0.2, -0.15) is 0 Å². The summed E-state index contributed by atoms with van der Waals surface area (Å²) in [5.74, 6) is 0. The predicted octanol–water partition coefficient (Wildman–Crippen LogP) is 2.10. The first-order valence-corrected chi connectivity index (χ1v) is 3.60. The number of nitrogens with zero attached hydrogens (tertiary/aromatic N) is 1. The fraction of sp³-hybridized carbons (Fsp3) is 0. The van der Waals surface area contributed by atoms with Crippen LogP contribution in [0, 0.1) is 6.07 Å². The van der Waals surface area contributed by atoms with Gasteiger partial charge < -0.3 is 0 Å². The topological polar surface area (TPSA) is 12.9 Å². The maximum Gasteiger partial charge on any atom is 0.0815 e. The molecule has 2 aromatic rings. The first-order valence-electron chi connectivity index (χ1n) is 2.65. The second-order valence-electron chi connectivity index (χ2n) is 1.76. The minimum absolute atomic E-state index is 1.04. The van der Waals surface area contributed by atoms with Gasteiger partial charge in [0, 0.05) is 22.3 Å². The number of aromatic nitrogens is 1. The number of rotatable bonds is 0. The van der Waals surface area contributed by atoms with Crippen LogP contribution >= 0.6 is 11.3 Å². The Bertz CT molecular complexity index is 283. The first-order chi connectivity index (χ1) is 4.47. The molecule has 0 aliphatic carbocycles. The first kappa shape index (κ1) is 4.94. The highest BCUT2D eigenvalue weighted by molar-refractivity contribution is 7.09. The van der Waals surface area contributed by atoms with Crippen molar-refractivity contribution in [3.05, 3.63) is 29.1 Å². The lowest BCUT2D eigenvalue weighted by molar-refractivity contribution is 1.43. The molecule has 43 valence electrons. The molecule has 9 heavy (non-hydrogen) atoms. The summed E-state index contributed by atoms with van der Waals surface area (Å²) >= 11 is 1.66. The van der Waals surface area contributed by atoms with Gasteiger partial charge in [-0.05, 0) is 12.1 Å². The van der Waals surface area contributed by atoms with Crippen molar-refractivity contribution >= 4 is 22.2 Å². The van der Waals surface area contributed by atoms with Crippen LogP contribution in [0.25, 0.3) is 10.9 Å². The van der Waals surface area contributed by atoms with Crippen LogP contribution in [-0.4, -0.2) is 4.98 Å². The van der Waals surface area contributed by atoms with Gasteiger partial charge in [0.05, 0.1) is 5.52 Å². The summed E-state index contributed by atoms with van der Waals surface area (Å²) in [6.45, 7) is 0. The van der Waals surface area contributed by atoms with Crippen molar-refractivity contribution < 1.29 is 0 Å². The Morgan fingerprint density at radius 1 is 1.44 bits per heavy atom. The zero-order chi connectivity index (χ0) is 6.10. The molecular weight excluding hydrogens is 130 g/mol. The molecule has 0 amide bonds. The molecule has 0 saturated heterocycles.